The molecule has 1 heterocycles. The summed E-state index contributed by atoms with van der Waals surface area (Å²) in [5.41, 5.74) is 0.560. The Morgan fingerprint density at radius 2 is 2.17 bits per heavy atom. The number of ether oxygens (including phenoxy) is 3. The fourth-order valence-corrected chi connectivity index (χ4v) is 1.51. The van der Waals surface area contributed by atoms with Gasteiger partial charge in [0, 0.05) is 30.8 Å². The number of halogens is 1. The van der Waals surface area contributed by atoms with Crippen LogP contribution in [0.2, 0.25) is 0 Å². The minimum absolute atomic E-state index is 0.0567. The maximum absolute atomic E-state index is 13.7. The fourth-order valence-electron chi connectivity index (χ4n) is 1.51. The molecule has 0 aliphatic heterocycles. The first-order chi connectivity index (χ1) is 8.81. The third-order valence-electron chi connectivity index (χ3n) is 2.38. The standard InChI is InChI=1S/C13H14FNO3/c1-16-5-6-17-9-18-10-7-12(14)11-3-2-4-15-13(11)8-10/h2-4,7-8H,5-6,9H2,1H3. The molecule has 0 aliphatic carbocycles. The molecule has 1 aromatic carbocycles. The van der Waals surface area contributed by atoms with E-state index in [0.29, 0.717) is 29.9 Å². The van der Waals surface area contributed by atoms with Gasteiger partial charge in [-0.05, 0) is 12.1 Å². The second-order valence-corrected chi connectivity index (χ2v) is 3.64. The highest BCUT2D eigenvalue weighted by atomic mass is 19.1. The van der Waals surface area contributed by atoms with Crippen molar-refractivity contribution in [1.82, 2.24) is 4.98 Å². The zero-order chi connectivity index (χ0) is 12.8. The molecule has 2 rings (SSSR count). The van der Waals surface area contributed by atoms with Crippen molar-refractivity contribution in [3.8, 4) is 5.75 Å². The third kappa shape index (κ3) is 3.15. The second-order valence-electron chi connectivity index (χ2n) is 3.64. The maximum atomic E-state index is 13.7. The van der Waals surface area contributed by atoms with Crippen LogP contribution in [0.3, 0.4) is 0 Å². The molecule has 4 nitrogen and oxygen atoms in total. The second kappa shape index (κ2) is 6.28. The predicted molar refractivity (Wildman–Crippen MR) is 65.0 cm³/mol. The van der Waals surface area contributed by atoms with Crippen LogP contribution in [0.25, 0.3) is 10.9 Å². The third-order valence-corrected chi connectivity index (χ3v) is 2.38. The molecular weight excluding hydrogens is 237 g/mol. The zero-order valence-electron chi connectivity index (χ0n) is 10.1. The highest BCUT2D eigenvalue weighted by Crippen LogP contribution is 2.22. The van der Waals surface area contributed by atoms with Gasteiger partial charge in [0.25, 0.3) is 0 Å². The van der Waals surface area contributed by atoms with Crippen molar-refractivity contribution in [2.24, 2.45) is 0 Å². The van der Waals surface area contributed by atoms with E-state index in [1.807, 2.05) is 0 Å². The predicted octanol–water partition coefficient (Wildman–Crippen LogP) is 2.37. The van der Waals surface area contributed by atoms with E-state index < -0.39 is 0 Å². The summed E-state index contributed by atoms with van der Waals surface area (Å²) in [5, 5.41) is 0.477. The number of aromatic nitrogens is 1. The summed E-state index contributed by atoms with van der Waals surface area (Å²) in [7, 11) is 1.59. The largest absolute Gasteiger partial charge is 0.467 e. The average Bonchev–Trinajstić information content (AvgIpc) is 2.39. The van der Waals surface area contributed by atoms with Crippen LogP contribution < -0.4 is 4.74 Å². The van der Waals surface area contributed by atoms with Gasteiger partial charge >= 0.3 is 0 Å². The van der Waals surface area contributed by atoms with Crippen molar-refractivity contribution in [3.05, 3.63) is 36.3 Å². The normalized spacial score (nSPS) is 10.8. The first-order valence-electron chi connectivity index (χ1n) is 5.55. The Balaban J connectivity index is 2.01. The van der Waals surface area contributed by atoms with Crippen LogP contribution in [0, 0.1) is 5.82 Å². The van der Waals surface area contributed by atoms with Gasteiger partial charge in [0.2, 0.25) is 0 Å². The lowest BCUT2D eigenvalue weighted by Gasteiger charge is -2.08. The van der Waals surface area contributed by atoms with Crippen LogP contribution >= 0.6 is 0 Å². The molecule has 0 amide bonds. The van der Waals surface area contributed by atoms with Gasteiger partial charge in [0.15, 0.2) is 6.79 Å². The molecule has 0 saturated heterocycles. The number of pyridine rings is 1. The number of hydrogen-bond donors (Lipinski definition) is 0. The Hall–Kier alpha value is -1.72. The molecule has 0 spiro atoms. The Morgan fingerprint density at radius 3 is 3.00 bits per heavy atom. The van der Waals surface area contributed by atoms with Crippen molar-refractivity contribution in [2.75, 3.05) is 27.1 Å². The first-order valence-corrected chi connectivity index (χ1v) is 5.55. The van der Waals surface area contributed by atoms with Gasteiger partial charge in [-0.1, -0.05) is 0 Å². The van der Waals surface area contributed by atoms with E-state index in [2.05, 4.69) is 4.98 Å². The molecule has 0 fully saturated rings. The van der Waals surface area contributed by atoms with E-state index in [-0.39, 0.29) is 12.6 Å². The van der Waals surface area contributed by atoms with Crippen LogP contribution in [0.1, 0.15) is 0 Å². The molecule has 0 unspecified atom stereocenters. The lowest BCUT2D eigenvalue weighted by Crippen LogP contribution is -2.07. The Kier molecular flexibility index (Phi) is 4.44. The molecule has 18 heavy (non-hydrogen) atoms. The number of benzene rings is 1. The SMILES string of the molecule is COCCOCOc1cc(F)c2cccnc2c1. The van der Waals surface area contributed by atoms with Gasteiger partial charge in [-0.15, -0.1) is 0 Å². The van der Waals surface area contributed by atoms with Crippen LogP contribution in [-0.4, -0.2) is 32.1 Å². The van der Waals surface area contributed by atoms with Gasteiger partial charge < -0.3 is 14.2 Å². The van der Waals surface area contributed by atoms with Crippen molar-refractivity contribution in [3.63, 3.8) is 0 Å². The van der Waals surface area contributed by atoms with Gasteiger partial charge in [0.05, 0.1) is 18.7 Å². The van der Waals surface area contributed by atoms with Gasteiger partial charge in [-0.3, -0.25) is 4.98 Å². The van der Waals surface area contributed by atoms with Crippen molar-refractivity contribution < 1.29 is 18.6 Å². The summed E-state index contributed by atoms with van der Waals surface area (Å²) in [6, 6.07) is 6.37. The lowest BCUT2D eigenvalue weighted by atomic mass is 10.2. The summed E-state index contributed by atoms with van der Waals surface area (Å²) in [4.78, 5) is 4.08. The molecule has 0 radical (unpaired) electrons. The monoisotopic (exact) mass is 251 g/mol. The minimum atomic E-state index is -0.354. The highest BCUT2D eigenvalue weighted by molar-refractivity contribution is 5.80. The Morgan fingerprint density at radius 1 is 1.28 bits per heavy atom. The molecule has 0 bridgehead atoms. The molecule has 0 aliphatic rings. The number of nitrogens with zero attached hydrogens (tertiary/aromatic N) is 1. The minimum Gasteiger partial charge on any atom is -0.467 e. The summed E-state index contributed by atoms with van der Waals surface area (Å²) >= 11 is 0. The summed E-state index contributed by atoms with van der Waals surface area (Å²) in [5.74, 6) is 0.0450. The lowest BCUT2D eigenvalue weighted by molar-refractivity contribution is -0.00851. The van der Waals surface area contributed by atoms with E-state index in [4.69, 9.17) is 14.2 Å². The van der Waals surface area contributed by atoms with E-state index in [1.54, 1.807) is 31.5 Å². The molecule has 0 atom stereocenters. The van der Waals surface area contributed by atoms with E-state index in [1.165, 1.54) is 6.07 Å². The van der Waals surface area contributed by atoms with Gasteiger partial charge in [-0.25, -0.2) is 4.39 Å². The average molecular weight is 251 g/mol. The molecule has 1 aromatic heterocycles. The topological polar surface area (TPSA) is 40.6 Å². The van der Waals surface area contributed by atoms with Crippen molar-refractivity contribution in [2.45, 2.75) is 0 Å². The number of rotatable bonds is 6. The Labute approximate surface area is 104 Å². The van der Waals surface area contributed by atoms with E-state index >= 15 is 0 Å². The highest BCUT2D eigenvalue weighted by Gasteiger charge is 2.05. The molecule has 2 aromatic rings. The summed E-state index contributed by atoms with van der Waals surface area (Å²) in [6.45, 7) is 0.989. The number of methoxy groups -OCH3 is 1. The van der Waals surface area contributed by atoms with Crippen molar-refractivity contribution >= 4 is 10.9 Å². The Bertz CT molecular complexity index is 519. The quantitative estimate of drug-likeness (QED) is 0.583. The summed E-state index contributed by atoms with van der Waals surface area (Å²) < 4.78 is 28.9. The van der Waals surface area contributed by atoms with Gasteiger partial charge in [-0.2, -0.15) is 0 Å². The summed E-state index contributed by atoms with van der Waals surface area (Å²) in [6.07, 6.45) is 1.61. The van der Waals surface area contributed by atoms with Crippen molar-refractivity contribution in [1.29, 1.82) is 0 Å². The van der Waals surface area contributed by atoms with Crippen LogP contribution in [-0.2, 0) is 9.47 Å². The fraction of sp³-hybridized carbons (Fsp3) is 0.308. The van der Waals surface area contributed by atoms with Crippen LogP contribution in [0.15, 0.2) is 30.5 Å². The molecule has 96 valence electrons. The maximum Gasteiger partial charge on any atom is 0.189 e. The molecule has 0 N–H and O–H groups in total. The number of fused-ring (bicyclic) bond motifs is 1. The molecule has 0 saturated carbocycles. The molecular formula is C13H14FNO3. The zero-order valence-corrected chi connectivity index (χ0v) is 10.1. The number of hydrogen-bond acceptors (Lipinski definition) is 4. The smallest absolute Gasteiger partial charge is 0.189 e. The first kappa shape index (κ1) is 12.7. The van der Waals surface area contributed by atoms with Crippen LogP contribution in [0.5, 0.6) is 5.75 Å². The van der Waals surface area contributed by atoms with E-state index in [0.717, 1.165) is 0 Å². The van der Waals surface area contributed by atoms with Gasteiger partial charge in [0.1, 0.15) is 11.6 Å². The van der Waals surface area contributed by atoms with Crippen LogP contribution in [0.4, 0.5) is 4.39 Å². The van der Waals surface area contributed by atoms with E-state index in [9.17, 15) is 4.39 Å². The molecule has 5 heteroatoms.